The lowest BCUT2D eigenvalue weighted by atomic mass is 10.0. The van der Waals surface area contributed by atoms with Crippen LogP contribution in [0, 0.1) is 5.92 Å². The van der Waals surface area contributed by atoms with E-state index in [0.29, 0.717) is 30.3 Å². The molecule has 6 nitrogen and oxygen atoms in total. The van der Waals surface area contributed by atoms with Crippen molar-refractivity contribution in [3.05, 3.63) is 23.8 Å². The normalized spacial score (nSPS) is 11.9. The van der Waals surface area contributed by atoms with Crippen LogP contribution in [0.2, 0.25) is 0 Å². The van der Waals surface area contributed by atoms with E-state index in [4.69, 9.17) is 14.6 Å². The maximum absolute atomic E-state index is 12.3. The van der Waals surface area contributed by atoms with Gasteiger partial charge in [-0.05, 0) is 37.5 Å². The molecule has 0 aliphatic carbocycles. The topological polar surface area (TPSA) is 84.9 Å². The van der Waals surface area contributed by atoms with Gasteiger partial charge >= 0.3 is 5.97 Å². The zero-order valence-corrected chi connectivity index (χ0v) is 14.1. The van der Waals surface area contributed by atoms with E-state index in [-0.39, 0.29) is 5.92 Å². The number of carboxylic acid groups (broad SMARTS) is 1. The molecule has 0 fully saturated rings. The molecule has 0 saturated carbocycles. The molecule has 0 aliphatic rings. The maximum atomic E-state index is 12.3. The molecule has 0 heterocycles. The van der Waals surface area contributed by atoms with Crippen molar-refractivity contribution in [2.45, 2.75) is 40.2 Å². The summed E-state index contributed by atoms with van der Waals surface area (Å²) in [7, 11) is 0. The second kappa shape index (κ2) is 9.02. The fraction of sp³-hybridized carbons (Fsp3) is 0.529. The third kappa shape index (κ3) is 5.47. The summed E-state index contributed by atoms with van der Waals surface area (Å²) in [6, 6.07) is 3.90. The van der Waals surface area contributed by atoms with Crippen LogP contribution in [0.1, 0.15) is 44.5 Å². The van der Waals surface area contributed by atoms with E-state index >= 15 is 0 Å². The number of aliphatic carboxylic acids is 1. The van der Waals surface area contributed by atoms with Gasteiger partial charge in [0.05, 0.1) is 13.2 Å². The molecular weight excluding hydrogens is 298 g/mol. The molecule has 2 N–H and O–H groups in total. The summed E-state index contributed by atoms with van der Waals surface area (Å²) >= 11 is 0. The Kier molecular flexibility index (Phi) is 7.38. The Balaban J connectivity index is 2.96. The van der Waals surface area contributed by atoms with Gasteiger partial charge in [0, 0.05) is 5.56 Å². The van der Waals surface area contributed by atoms with E-state index in [9.17, 15) is 9.59 Å². The highest BCUT2D eigenvalue weighted by Crippen LogP contribution is 2.28. The first-order valence-corrected chi connectivity index (χ1v) is 7.84. The van der Waals surface area contributed by atoms with Crippen LogP contribution in [0.5, 0.6) is 11.5 Å². The number of nitrogens with one attached hydrogen (secondary N) is 1. The van der Waals surface area contributed by atoms with Gasteiger partial charge in [0.1, 0.15) is 6.04 Å². The van der Waals surface area contributed by atoms with Crippen molar-refractivity contribution in [2.75, 3.05) is 13.2 Å². The SMILES string of the molecule is CCCOc1ccc(C(=O)NC(C(=O)O)C(C)C)cc1OCC. The van der Waals surface area contributed by atoms with Crippen LogP contribution in [0.15, 0.2) is 18.2 Å². The van der Waals surface area contributed by atoms with E-state index < -0.39 is 17.9 Å². The zero-order valence-electron chi connectivity index (χ0n) is 14.1. The van der Waals surface area contributed by atoms with Gasteiger partial charge in [0.25, 0.3) is 5.91 Å². The number of ether oxygens (including phenoxy) is 2. The van der Waals surface area contributed by atoms with Crippen LogP contribution >= 0.6 is 0 Å². The molecule has 1 amide bonds. The highest BCUT2D eigenvalue weighted by Gasteiger charge is 2.24. The fourth-order valence-electron chi connectivity index (χ4n) is 1.99. The number of hydrogen-bond acceptors (Lipinski definition) is 4. The molecule has 1 aromatic rings. The van der Waals surface area contributed by atoms with Crippen LogP contribution in [-0.2, 0) is 4.79 Å². The average molecular weight is 323 g/mol. The number of carboxylic acids is 1. The van der Waals surface area contributed by atoms with E-state index in [1.807, 2.05) is 13.8 Å². The van der Waals surface area contributed by atoms with Crippen LogP contribution in [0.3, 0.4) is 0 Å². The molecule has 1 rings (SSSR count). The van der Waals surface area contributed by atoms with Gasteiger partial charge in [-0.2, -0.15) is 0 Å². The number of carbonyl (C=O) groups excluding carboxylic acids is 1. The number of rotatable bonds is 9. The van der Waals surface area contributed by atoms with Crippen molar-refractivity contribution in [1.29, 1.82) is 0 Å². The molecule has 0 bridgehead atoms. The highest BCUT2D eigenvalue weighted by molar-refractivity contribution is 5.97. The van der Waals surface area contributed by atoms with E-state index in [2.05, 4.69) is 5.32 Å². The van der Waals surface area contributed by atoms with Gasteiger partial charge in [-0.1, -0.05) is 20.8 Å². The van der Waals surface area contributed by atoms with Gasteiger partial charge < -0.3 is 19.9 Å². The van der Waals surface area contributed by atoms with Crippen molar-refractivity contribution in [3.8, 4) is 11.5 Å². The second-order valence-electron chi connectivity index (χ2n) is 5.48. The first-order chi connectivity index (χ1) is 10.9. The standard InChI is InChI=1S/C17H25NO5/c1-5-9-23-13-8-7-12(10-14(13)22-6-2)16(19)18-15(11(3)4)17(20)21/h7-8,10-11,15H,5-6,9H2,1-4H3,(H,18,19)(H,20,21). The lowest BCUT2D eigenvalue weighted by Crippen LogP contribution is -2.44. The molecule has 1 atom stereocenters. The van der Waals surface area contributed by atoms with Gasteiger partial charge in [0.2, 0.25) is 0 Å². The lowest BCUT2D eigenvalue weighted by Gasteiger charge is -2.18. The van der Waals surface area contributed by atoms with Crippen molar-refractivity contribution >= 4 is 11.9 Å². The van der Waals surface area contributed by atoms with Crippen LogP contribution < -0.4 is 14.8 Å². The number of hydrogen-bond donors (Lipinski definition) is 2. The van der Waals surface area contributed by atoms with E-state index in [0.717, 1.165) is 6.42 Å². The van der Waals surface area contributed by atoms with Crippen molar-refractivity contribution in [2.24, 2.45) is 5.92 Å². The highest BCUT2D eigenvalue weighted by atomic mass is 16.5. The third-order valence-electron chi connectivity index (χ3n) is 3.19. The van der Waals surface area contributed by atoms with Crippen molar-refractivity contribution < 1.29 is 24.2 Å². The van der Waals surface area contributed by atoms with Crippen molar-refractivity contribution in [1.82, 2.24) is 5.32 Å². The summed E-state index contributed by atoms with van der Waals surface area (Å²) in [5.74, 6) is -0.667. The number of amides is 1. The minimum atomic E-state index is -1.05. The minimum Gasteiger partial charge on any atom is -0.490 e. The Labute approximate surface area is 136 Å². The Morgan fingerprint density at radius 3 is 2.39 bits per heavy atom. The summed E-state index contributed by atoms with van der Waals surface area (Å²) in [4.78, 5) is 23.5. The largest absolute Gasteiger partial charge is 0.490 e. The van der Waals surface area contributed by atoms with Crippen LogP contribution in [0.25, 0.3) is 0 Å². The Hall–Kier alpha value is -2.24. The molecule has 128 valence electrons. The molecule has 0 spiro atoms. The molecular formula is C17H25NO5. The molecule has 23 heavy (non-hydrogen) atoms. The average Bonchev–Trinajstić information content (AvgIpc) is 2.50. The van der Waals surface area contributed by atoms with Gasteiger partial charge in [-0.3, -0.25) is 4.79 Å². The monoisotopic (exact) mass is 323 g/mol. The summed E-state index contributed by atoms with van der Waals surface area (Å²) in [5, 5.41) is 11.7. The Morgan fingerprint density at radius 1 is 1.17 bits per heavy atom. The van der Waals surface area contributed by atoms with Gasteiger partial charge in [-0.25, -0.2) is 4.79 Å². The number of carbonyl (C=O) groups is 2. The second-order valence-corrected chi connectivity index (χ2v) is 5.48. The predicted molar refractivity (Wildman–Crippen MR) is 87.1 cm³/mol. The summed E-state index contributed by atoms with van der Waals surface area (Å²) in [6.07, 6.45) is 0.864. The smallest absolute Gasteiger partial charge is 0.326 e. The van der Waals surface area contributed by atoms with Gasteiger partial charge in [-0.15, -0.1) is 0 Å². The van der Waals surface area contributed by atoms with Crippen molar-refractivity contribution in [3.63, 3.8) is 0 Å². The molecule has 0 radical (unpaired) electrons. The zero-order chi connectivity index (χ0) is 17.4. The molecule has 0 saturated heterocycles. The minimum absolute atomic E-state index is 0.213. The van der Waals surface area contributed by atoms with Crippen LogP contribution in [0.4, 0.5) is 0 Å². The summed E-state index contributed by atoms with van der Waals surface area (Å²) in [5.41, 5.74) is 0.337. The summed E-state index contributed by atoms with van der Waals surface area (Å²) < 4.78 is 11.1. The first-order valence-electron chi connectivity index (χ1n) is 7.84. The fourth-order valence-corrected chi connectivity index (χ4v) is 1.99. The predicted octanol–water partition coefficient (Wildman–Crippen LogP) is 2.71. The molecule has 0 aromatic heterocycles. The summed E-state index contributed by atoms with van der Waals surface area (Å²) in [6.45, 7) is 8.33. The van der Waals surface area contributed by atoms with Crippen LogP contribution in [-0.4, -0.2) is 36.2 Å². The Bertz CT molecular complexity index is 542. The molecule has 6 heteroatoms. The molecule has 1 aromatic carbocycles. The quantitative estimate of drug-likeness (QED) is 0.730. The third-order valence-corrected chi connectivity index (χ3v) is 3.19. The van der Waals surface area contributed by atoms with Gasteiger partial charge in [0.15, 0.2) is 11.5 Å². The lowest BCUT2D eigenvalue weighted by molar-refractivity contribution is -0.140. The number of benzene rings is 1. The Morgan fingerprint density at radius 2 is 1.87 bits per heavy atom. The first kappa shape index (κ1) is 18.8. The molecule has 1 unspecified atom stereocenters. The van der Waals surface area contributed by atoms with E-state index in [1.54, 1.807) is 32.0 Å². The van der Waals surface area contributed by atoms with E-state index in [1.165, 1.54) is 0 Å². The molecule has 0 aliphatic heterocycles. The maximum Gasteiger partial charge on any atom is 0.326 e.